The molecule has 0 aliphatic heterocycles. The molecule has 0 saturated heterocycles. The third-order valence-electron chi connectivity index (χ3n) is 3.02. The number of aliphatic imine (C=N–C) groups is 1. The van der Waals surface area contributed by atoms with Gasteiger partial charge in [-0.25, -0.2) is 9.67 Å². The van der Waals surface area contributed by atoms with Crippen molar-refractivity contribution < 1.29 is 0 Å². The lowest BCUT2D eigenvalue weighted by Crippen LogP contribution is -2.38. The molecule has 2 N–H and O–H groups in total. The van der Waals surface area contributed by atoms with Gasteiger partial charge in [0.05, 0.1) is 18.4 Å². The zero-order chi connectivity index (χ0) is 15.6. The van der Waals surface area contributed by atoms with E-state index < -0.39 is 0 Å². The summed E-state index contributed by atoms with van der Waals surface area (Å²) in [6, 6.07) is 10.1. The third-order valence-corrected chi connectivity index (χ3v) is 3.63. The Labute approximate surface area is 159 Å². The van der Waals surface area contributed by atoms with Gasteiger partial charge in [-0.2, -0.15) is 16.9 Å². The van der Waals surface area contributed by atoms with Gasteiger partial charge in [0.1, 0.15) is 0 Å². The van der Waals surface area contributed by atoms with Gasteiger partial charge >= 0.3 is 0 Å². The van der Waals surface area contributed by atoms with Gasteiger partial charge in [0.15, 0.2) is 5.96 Å². The first kappa shape index (κ1) is 19.8. The number of benzene rings is 1. The highest BCUT2D eigenvalue weighted by atomic mass is 127. The van der Waals surface area contributed by atoms with Crippen LogP contribution in [0.5, 0.6) is 0 Å². The number of guanidine groups is 1. The monoisotopic (exact) mass is 445 g/mol. The highest BCUT2D eigenvalue weighted by Crippen LogP contribution is 2.08. The minimum absolute atomic E-state index is 0. The fourth-order valence-corrected chi connectivity index (χ4v) is 2.25. The quantitative estimate of drug-likeness (QED) is 0.298. The Balaban J connectivity index is 0.00000264. The van der Waals surface area contributed by atoms with Crippen molar-refractivity contribution in [2.45, 2.75) is 13.5 Å². The summed E-state index contributed by atoms with van der Waals surface area (Å²) in [7, 11) is 0. The SMILES string of the molecule is CCNC(=NCc1cnn(-c2ccccc2)c1)NCCSC.I. The lowest BCUT2D eigenvalue weighted by Gasteiger charge is -2.10. The molecule has 0 saturated carbocycles. The maximum Gasteiger partial charge on any atom is 0.191 e. The Morgan fingerprint density at radius 2 is 2.04 bits per heavy atom. The molecular formula is C16H24IN5S. The van der Waals surface area contributed by atoms with Crippen LogP contribution in [0.2, 0.25) is 0 Å². The smallest absolute Gasteiger partial charge is 0.191 e. The average Bonchev–Trinajstić information content (AvgIpc) is 3.03. The first-order chi connectivity index (χ1) is 10.8. The topological polar surface area (TPSA) is 54.2 Å². The second-order valence-corrected chi connectivity index (χ2v) is 5.73. The molecule has 1 aromatic carbocycles. The van der Waals surface area contributed by atoms with Crippen LogP contribution in [0.1, 0.15) is 12.5 Å². The summed E-state index contributed by atoms with van der Waals surface area (Å²) >= 11 is 1.82. The van der Waals surface area contributed by atoms with Crippen LogP contribution in [0.4, 0.5) is 0 Å². The van der Waals surface area contributed by atoms with Crippen molar-refractivity contribution in [3.63, 3.8) is 0 Å². The molecule has 0 aliphatic carbocycles. The molecule has 0 aliphatic rings. The molecule has 0 radical (unpaired) electrons. The fourth-order valence-electron chi connectivity index (χ4n) is 1.95. The van der Waals surface area contributed by atoms with E-state index in [0.717, 1.165) is 36.1 Å². The molecule has 0 spiro atoms. The summed E-state index contributed by atoms with van der Waals surface area (Å²) < 4.78 is 1.87. The molecule has 0 unspecified atom stereocenters. The third kappa shape index (κ3) is 6.82. The van der Waals surface area contributed by atoms with Gasteiger partial charge in [-0.15, -0.1) is 24.0 Å². The number of hydrogen-bond donors (Lipinski definition) is 2. The van der Waals surface area contributed by atoms with Crippen molar-refractivity contribution in [3.05, 3.63) is 48.3 Å². The number of halogens is 1. The van der Waals surface area contributed by atoms with E-state index in [1.807, 2.05) is 59.2 Å². The van der Waals surface area contributed by atoms with Crippen LogP contribution in [0, 0.1) is 0 Å². The molecule has 2 aromatic rings. The van der Waals surface area contributed by atoms with Gasteiger partial charge in [0.25, 0.3) is 0 Å². The predicted octanol–water partition coefficient (Wildman–Crippen LogP) is 2.91. The summed E-state index contributed by atoms with van der Waals surface area (Å²) in [6.07, 6.45) is 5.98. The molecule has 5 nitrogen and oxygen atoms in total. The molecule has 1 heterocycles. The van der Waals surface area contributed by atoms with Crippen LogP contribution in [-0.4, -0.2) is 40.8 Å². The van der Waals surface area contributed by atoms with Crippen LogP contribution >= 0.6 is 35.7 Å². The van der Waals surface area contributed by atoms with Crippen molar-refractivity contribution in [3.8, 4) is 5.69 Å². The molecule has 0 fully saturated rings. The van der Waals surface area contributed by atoms with E-state index >= 15 is 0 Å². The maximum absolute atomic E-state index is 4.59. The molecule has 0 atom stereocenters. The van der Waals surface area contributed by atoms with E-state index in [4.69, 9.17) is 0 Å². The van der Waals surface area contributed by atoms with Gasteiger partial charge in [0, 0.05) is 30.6 Å². The van der Waals surface area contributed by atoms with E-state index in [9.17, 15) is 0 Å². The van der Waals surface area contributed by atoms with E-state index in [1.54, 1.807) is 0 Å². The number of thioether (sulfide) groups is 1. The molecule has 2 rings (SSSR count). The molecule has 7 heteroatoms. The summed E-state index contributed by atoms with van der Waals surface area (Å²) in [6.45, 7) is 4.45. The molecular weight excluding hydrogens is 421 g/mol. The first-order valence-electron chi connectivity index (χ1n) is 7.43. The number of nitrogens with zero attached hydrogens (tertiary/aromatic N) is 3. The molecule has 126 valence electrons. The Bertz CT molecular complexity index is 585. The largest absolute Gasteiger partial charge is 0.357 e. The van der Waals surface area contributed by atoms with Gasteiger partial charge in [-0.1, -0.05) is 18.2 Å². The summed E-state index contributed by atoms with van der Waals surface area (Å²) in [5.41, 5.74) is 2.15. The van der Waals surface area contributed by atoms with Crippen LogP contribution < -0.4 is 10.6 Å². The molecule has 23 heavy (non-hydrogen) atoms. The number of rotatable bonds is 7. The zero-order valence-corrected chi connectivity index (χ0v) is 16.7. The summed E-state index contributed by atoms with van der Waals surface area (Å²) in [5.74, 6) is 1.92. The van der Waals surface area contributed by atoms with Crippen LogP contribution in [0.25, 0.3) is 5.69 Å². The molecule has 0 bridgehead atoms. The van der Waals surface area contributed by atoms with E-state index in [-0.39, 0.29) is 24.0 Å². The van der Waals surface area contributed by atoms with Crippen LogP contribution in [0.15, 0.2) is 47.7 Å². The van der Waals surface area contributed by atoms with Gasteiger partial charge in [-0.3, -0.25) is 0 Å². The normalized spacial score (nSPS) is 11.0. The standard InChI is InChI=1S/C16H23N5S.HI/c1-3-17-16(18-9-10-22-2)19-11-14-12-20-21(13-14)15-7-5-4-6-8-15;/h4-8,12-13H,3,9-11H2,1-2H3,(H2,17,18,19);1H. The fraction of sp³-hybridized carbons (Fsp3) is 0.375. The van der Waals surface area contributed by atoms with E-state index in [2.05, 4.69) is 33.9 Å². The Morgan fingerprint density at radius 3 is 2.74 bits per heavy atom. The Kier molecular flexibility index (Phi) is 9.77. The second kappa shape index (κ2) is 11.3. The van der Waals surface area contributed by atoms with Crippen molar-refractivity contribution in [1.29, 1.82) is 0 Å². The van der Waals surface area contributed by atoms with Crippen molar-refractivity contribution in [1.82, 2.24) is 20.4 Å². The summed E-state index contributed by atoms with van der Waals surface area (Å²) in [5, 5.41) is 11.0. The van der Waals surface area contributed by atoms with Gasteiger partial charge in [0.2, 0.25) is 0 Å². The number of hydrogen-bond acceptors (Lipinski definition) is 3. The van der Waals surface area contributed by atoms with Crippen molar-refractivity contribution in [2.24, 2.45) is 4.99 Å². The maximum atomic E-state index is 4.59. The predicted molar refractivity (Wildman–Crippen MR) is 110 cm³/mol. The minimum atomic E-state index is 0. The Morgan fingerprint density at radius 1 is 1.26 bits per heavy atom. The first-order valence-corrected chi connectivity index (χ1v) is 8.83. The summed E-state index contributed by atoms with van der Waals surface area (Å²) in [4.78, 5) is 4.59. The average molecular weight is 445 g/mol. The van der Waals surface area contributed by atoms with Crippen molar-refractivity contribution >= 4 is 41.7 Å². The van der Waals surface area contributed by atoms with Gasteiger partial charge < -0.3 is 10.6 Å². The lowest BCUT2D eigenvalue weighted by atomic mass is 10.3. The zero-order valence-electron chi connectivity index (χ0n) is 13.5. The van der Waals surface area contributed by atoms with Crippen LogP contribution in [-0.2, 0) is 6.54 Å². The Hall–Kier alpha value is -1.22. The molecule has 0 amide bonds. The number of aromatic nitrogens is 2. The van der Waals surface area contributed by atoms with E-state index in [0.29, 0.717) is 6.54 Å². The second-order valence-electron chi connectivity index (χ2n) is 4.74. The number of para-hydroxylation sites is 1. The van der Waals surface area contributed by atoms with E-state index in [1.165, 1.54) is 0 Å². The number of nitrogens with one attached hydrogen (secondary N) is 2. The van der Waals surface area contributed by atoms with Crippen molar-refractivity contribution in [2.75, 3.05) is 25.1 Å². The minimum Gasteiger partial charge on any atom is -0.357 e. The molecule has 1 aromatic heterocycles. The van der Waals surface area contributed by atoms with Crippen LogP contribution in [0.3, 0.4) is 0 Å². The van der Waals surface area contributed by atoms with Gasteiger partial charge in [-0.05, 0) is 25.3 Å². The lowest BCUT2D eigenvalue weighted by molar-refractivity contribution is 0.842. The highest BCUT2D eigenvalue weighted by Gasteiger charge is 2.01. The highest BCUT2D eigenvalue weighted by molar-refractivity contribution is 14.0.